The Morgan fingerprint density at radius 2 is 1.69 bits per heavy atom. The highest BCUT2D eigenvalue weighted by molar-refractivity contribution is 6.07. The molecule has 1 aromatic carbocycles. The van der Waals surface area contributed by atoms with E-state index in [2.05, 4.69) is 9.88 Å². The monoisotopic (exact) mass is 480 g/mol. The van der Waals surface area contributed by atoms with Crippen molar-refractivity contribution in [1.82, 2.24) is 14.8 Å². The Kier molecular flexibility index (Phi) is 5.76. The Bertz CT molecular complexity index is 1130. The van der Waals surface area contributed by atoms with Crippen LogP contribution in [-0.2, 0) is 14.3 Å². The molecule has 2 aromatic rings. The van der Waals surface area contributed by atoms with Gasteiger partial charge in [0.2, 0.25) is 5.91 Å². The van der Waals surface area contributed by atoms with Crippen molar-refractivity contribution < 1.29 is 23.8 Å². The lowest BCUT2D eigenvalue weighted by Gasteiger charge is -2.40. The van der Waals surface area contributed by atoms with E-state index in [0.29, 0.717) is 45.0 Å². The van der Waals surface area contributed by atoms with Gasteiger partial charge in [0.05, 0.1) is 37.1 Å². The number of hydrogen-bond donors (Lipinski definition) is 0. The van der Waals surface area contributed by atoms with Gasteiger partial charge in [-0.15, -0.1) is 0 Å². The van der Waals surface area contributed by atoms with E-state index >= 15 is 0 Å². The maximum atomic E-state index is 13.8. The molecule has 35 heavy (non-hydrogen) atoms. The van der Waals surface area contributed by atoms with Gasteiger partial charge in [0.25, 0.3) is 5.91 Å². The van der Waals surface area contributed by atoms with Crippen LogP contribution in [0.15, 0.2) is 24.4 Å². The third kappa shape index (κ3) is 4.21. The lowest BCUT2D eigenvalue weighted by Crippen LogP contribution is -2.51. The number of hydrogen-bond acceptors (Lipinski definition) is 7. The second-order valence-electron chi connectivity index (χ2n) is 9.89. The van der Waals surface area contributed by atoms with Crippen molar-refractivity contribution in [3.8, 4) is 5.75 Å². The molecular formula is C26H32N4O5. The van der Waals surface area contributed by atoms with Crippen LogP contribution in [0.3, 0.4) is 0 Å². The van der Waals surface area contributed by atoms with Crippen LogP contribution in [0, 0.1) is 5.92 Å². The van der Waals surface area contributed by atoms with Crippen molar-refractivity contribution in [3.05, 3.63) is 30.0 Å². The first-order valence-electron chi connectivity index (χ1n) is 12.6. The Hall–Kier alpha value is -2.91. The summed E-state index contributed by atoms with van der Waals surface area (Å²) in [6.07, 6.45) is 5.20. The summed E-state index contributed by atoms with van der Waals surface area (Å²) in [5.41, 5.74) is 2.31. The summed E-state index contributed by atoms with van der Waals surface area (Å²) < 4.78 is 17.3. The molecule has 0 radical (unpaired) electrons. The van der Waals surface area contributed by atoms with Crippen molar-refractivity contribution in [2.75, 3.05) is 64.5 Å². The van der Waals surface area contributed by atoms with E-state index in [4.69, 9.17) is 14.2 Å². The largest absolute Gasteiger partial charge is 0.497 e. The number of amides is 2. The van der Waals surface area contributed by atoms with Gasteiger partial charge in [-0.3, -0.25) is 14.6 Å². The van der Waals surface area contributed by atoms with Crippen LogP contribution in [0.2, 0.25) is 0 Å². The predicted molar refractivity (Wildman–Crippen MR) is 130 cm³/mol. The van der Waals surface area contributed by atoms with E-state index in [1.807, 2.05) is 28.0 Å². The number of anilines is 1. The number of pyridine rings is 1. The van der Waals surface area contributed by atoms with Crippen molar-refractivity contribution in [3.63, 3.8) is 0 Å². The minimum absolute atomic E-state index is 0.0376. The first-order chi connectivity index (χ1) is 17.1. The maximum absolute atomic E-state index is 13.8. The molecule has 1 aromatic heterocycles. The van der Waals surface area contributed by atoms with Crippen LogP contribution in [0.4, 0.5) is 5.69 Å². The highest BCUT2D eigenvalue weighted by Gasteiger charge is 2.41. The quantitative estimate of drug-likeness (QED) is 0.664. The van der Waals surface area contributed by atoms with Gasteiger partial charge in [-0.05, 0) is 31.0 Å². The molecule has 6 rings (SSSR count). The molecule has 4 fully saturated rings. The Morgan fingerprint density at radius 1 is 1.00 bits per heavy atom. The molecule has 4 heterocycles. The normalized spacial score (nSPS) is 22.1. The zero-order chi connectivity index (χ0) is 24.0. The zero-order valence-electron chi connectivity index (χ0n) is 20.2. The Morgan fingerprint density at radius 3 is 2.34 bits per heavy atom. The molecule has 3 aliphatic heterocycles. The number of carbonyl (C=O) groups is 2. The van der Waals surface area contributed by atoms with Gasteiger partial charge in [-0.1, -0.05) is 0 Å². The molecule has 186 valence electrons. The molecule has 1 saturated carbocycles. The fraction of sp³-hybridized carbons (Fsp3) is 0.577. The van der Waals surface area contributed by atoms with Crippen LogP contribution in [0.1, 0.15) is 36.0 Å². The third-order valence-electron chi connectivity index (χ3n) is 7.74. The molecule has 0 bridgehead atoms. The van der Waals surface area contributed by atoms with Gasteiger partial charge >= 0.3 is 0 Å². The van der Waals surface area contributed by atoms with Gasteiger partial charge in [0.15, 0.2) is 5.79 Å². The van der Waals surface area contributed by atoms with Gasteiger partial charge in [0.1, 0.15) is 5.75 Å². The van der Waals surface area contributed by atoms with Crippen LogP contribution in [-0.4, -0.2) is 92.0 Å². The average Bonchev–Trinajstić information content (AvgIpc) is 3.67. The molecule has 2 amide bonds. The summed E-state index contributed by atoms with van der Waals surface area (Å²) in [5, 5.41) is 0.905. The van der Waals surface area contributed by atoms with Crippen LogP contribution >= 0.6 is 0 Å². The highest BCUT2D eigenvalue weighted by atomic mass is 16.7. The number of piperazine rings is 1. The first kappa shape index (κ1) is 22.5. The smallest absolute Gasteiger partial charge is 0.257 e. The topological polar surface area (TPSA) is 84.4 Å². The first-order valence-corrected chi connectivity index (χ1v) is 12.6. The van der Waals surface area contributed by atoms with E-state index in [1.54, 1.807) is 13.3 Å². The second-order valence-corrected chi connectivity index (χ2v) is 9.89. The van der Waals surface area contributed by atoms with Crippen molar-refractivity contribution in [1.29, 1.82) is 0 Å². The number of carbonyl (C=O) groups excluding carboxylic acids is 2. The van der Waals surface area contributed by atoms with E-state index in [0.717, 1.165) is 61.1 Å². The van der Waals surface area contributed by atoms with E-state index in [1.165, 1.54) is 0 Å². The summed E-state index contributed by atoms with van der Waals surface area (Å²) in [6.45, 7) is 4.97. The molecule has 9 heteroatoms. The number of rotatable bonds is 4. The van der Waals surface area contributed by atoms with E-state index in [9.17, 15) is 9.59 Å². The van der Waals surface area contributed by atoms with Crippen molar-refractivity contribution in [2.45, 2.75) is 31.5 Å². The average molecular weight is 481 g/mol. The Labute approximate surface area is 204 Å². The molecule has 1 aliphatic carbocycles. The number of methoxy groups -OCH3 is 1. The molecule has 4 aliphatic rings. The van der Waals surface area contributed by atoms with Gasteiger partial charge in [-0.25, -0.2) is 0 Å². The second kappa shape index (κ2) is 8.95. The summed E-state index contributed by atoms with van der Waals surface area (Å²) in [6, 6.07) is 5.79. The number of ether oxygens (including phenoxy) is 3. The highest BCUT2D eigenvalue weighted by Crippen LogP contribution is 2.38. The molecule has 3 saturated heterocycles. The van der Waals surface area contributed by atoms with Crippen molar-refractivity contribution in [2.24, 2.45) is 5.92 Å². The summed E-state index contributed by atoms with van der Waals surface area (Å²) in [5.74, 6) is 0.651. The predicted octanol–water partition coefficient (Wildman–Crippen LogP) is 2.28. The third-order valence-corrected chi connectivity index (χ3v) is 7.74. The molecular weight excluding hydrogens is 448 g/mol. The lowest BCUT2D eigenvalue weighted by atomic mass is 9.99. The number of piperidine rings is 1. The SMILES string of the molecule is COc1ccc2ncc(C(=O)N3CCN(C(=O)C4CC4)CC3)c(N3CCC4(CC3)OCCO4)c2c1. The number of fused-ring (bicyclic) bond motifs is 1. The van der Waals surface area contributed by atoms with Crippen LogP contribution < -0.4 is 9.64 Å². The number of benzene rings is 1. The minimum atomic E-state index is -0.494. The standard InChI is InChI=1S/C26H32N4O5/c1-33-19-4-5-22-20(16-19)23(28-8-6-26(7-9-28)34-14-15-35-26)21(17-27-22)25(32)30-12-10-29(11-13-30)24(31)18-2-3-18/h4-5,16-18H,2-3,6-15H2,1H3. The summed E-state index contributed by atoms with van der Waals surface area (Å²) in [4.78, 5) is 36.9. The number of nitrogens with zero attached hydrogens (tertiary/aromatic N) is 4. The fourth-order valence-electron chi connectivity index (χ4n) is 5.53. The molecule has 1 spiro atoms. The van der Waals surface area contributed by atoms with Crippen molar-refractivity contribution >= 4 is 28.4 Å². The Balaban J connectivity index is 1.29. The van der Waals surface area contributed by atoms with Gasteiger partial charge < -0.3 is 28.9 Å². The summed E-state index contributed by atoms with van der Waals surface area (Å²) >= 11 is 0. The maximum Gasteiger partial charge on any atom is 0.257 e. The molecule has 0 atom stereocenters. The molecule has 0 unspecified atom stereocenters. The van der Waals surface area contributed by atoms with E-state index < -0.39 is 5.79 Å². The minimum Gasteiger partial charge on any atom is -0.497 e. The zero-order valence-corrected chi connectivity index (χ0v) is 20.2. The summed E-state index contributed by atoms with van der Waals surface area (Å²) in [7, 11) is 1.64. The van der Waals surface area contributed by atoms with E-state index in [-0.39, 0.29) is 17.7 Å². The van der Waals surface area contributed by atoms with Crippen LogP contribution in [0.25, 0.3) is 10.9 Å². The number of aromatic nitrogens is 1. The molecule has 0 N–H and O–H groups in total. The molecule has 9 nitrogen and oxygen atoms in total. The fourth-order valence-corrected chi connectivity index (χ4v) is 5.53. The lowest BCUT2D eigenvalue weighted by molar-refractivity contribution is -0.169. The van der Waals surface area contributed by atoms with Crippen LogP contribution in [0.5, 0.6) is 5.75 Å². The van der Waals surface area contributed by atoms with Gasteiger partial charge in [0, 0.05) is 69.6 Å². The van der Waals surface area contributed by atoms with Gasteiger partial charge in [-0.2, -0.15) is 0 Å².